The highest BCUT2D eigenvalue weighted by Gasteiger charge is 2.51. The minimum atomic E-state index is -0.987. The molecule has 1 aromatic carbocycles. The van der Waals surface area contributed by atoms with Crippen molar-refractivity contribution < 1.29 is 14.7 Å². The van der Waals surface area contributed by atoms with Gasteiger partial charge in [-0.3, -0.25) is 4.79 Å². The van der Waals surface area contributed by atoms with Gasteiger partial charge in [0, 0.05) is 5.56 Å². The van der Waals surface area contributed by atoms with Crippen LogP contribution in [0.1, 0.15) is 68.3 Å². The van der Waals surface area contributed by atoms with Gasteiger partial charge >= 0.3 is 5.97 Å². The van der Waals surface area contributed by atoms with Crippen molar-refractivity contribution in [1.82, 2.24) is 5.32 Å². The van der Waals surface area contributed by atoms with E-state index in [4.69, 9.17) is 0 Å². The number of carbonyl (C=O) groups is 2. The van der Waals surface area contributed by atoms with Gasteiger partial charge in [0.2, 0.25) is 0 Å². The Morgan fingerprint density at radius 3 is 1.92 bits per heavy atom. The zero-order valence-corrected chi connectivity index (χ0v) is 15.7. The predicted octanol–water partition coefficient (Wildman–Crippen LogP) is 3.99. The minimum absolute atomic E-state index is 0.150. The first-order chi connectivity index (χ1) is 12.4. The molecule has 4 fully saturated rings. The van der Waals surface area contributed by atoms with Crippen LogP contribution in [0.5, 0.6) is 0 Å². The van der Waals surface area contributed by atoms with Crippen LogP contribution >= 0.6 is 0 Å². The van der Waals surface area contributed by atoms with E-state index in [-0.39, 0.29) is 11.8 Å². The van der Waals surface area contributed by atoms with Crippen molar-refractivity contribution >= 4 is 11.9 Å². The fourth-order valence-electron chi connectivity index (χ4n) is 6.18. The molecule has 4 bridgehead atoms. The van der Waals surface area contributed by atoms with E-state index < -0.39 is 12.0 Å². The first-order valence-electron chi connectivity index (χ1n) is 10.0. The fraction of sp³-hybridized carbons (Fsp3) is 0.636. The second kappa shape index (κ2) is 6.40. The van der Waals surface area contributed by atoms with Crippen molar-refractivity contribution in [1.29, 1.82) is 0 Å². The lowest BCUT2D eigenvalue weighted by molar-refractivity contribution is -0.140. The van der Waals surface area contributed by atoms with E-state index in [0.717, 1.165) is 17.8 Å². The second-order valence-electron chi connectivity index (χ2n) is 9.31. The van der Waals surface area contributed by atoms with E-state index in [1.165, 1.54) is 44.1 Å². The summed E-state index contributed by atoms with van der Waals surface area (Å²) in [7, 11) is 0. The molecule has 0 unspecified atom stereocenters. The van der Waals surface area contributed by atoms with Gasteiger partial charge in [0.05, 0.1) is 0 Å². The Balaban J connectivity index is 1.50. The largest absolute Gasteiger partial charge is 0.480 e. The van der Waals surface area contributed by atoms with Crippen LogP contribution in [0.25, 0.3) is 0 Å². The maximum atomic E-state index is 12.4. The van der Waals surface area contributed by atoms with Gasteiger partial charge in [-0.25, -0.2) is 4.79 Å². The third-order valence-electron chi connectivity index (χ3n) is 7.02. The van der Waals surface area contributed by atoms with Crippen molar-refractivity contribution in [2.24, 2.45) is 23.7 Å². The second-order valence-corrected chi connectivity index (χ2v) is 9.31. The van der Waals surface area contributed by atoms with Gasteiger partial charge in [-0.2, -0.15) is 0 Å². The molecule has 0 radical (unpaired) electrons. The van der Waals surface area contributed by atoms with Crippen LogP contribution in [0.4, 0.5) is 0 Å². The average Bonchev–Trinajstić information content (AvgIpc) is 2.58. The summed E-state index contributed by atoms with van der Waals surface area (Å²) in [5.41, 5.74) is 2.25. The number of carboxylic acid groups (broad SMARTS) is 1. The molecule has 0 heterocycles. The number of hydrogen-bond acceptors (Lipinski definition) is 2. The lowest BCUT2D eigenvalue weighted by atomic mass is 9.48. The van der Waals surface area contributed by atoms with Gasteiger partial charge in [0.15, 0.2) is 0 Å². The van der Waals surface area contributed by atoms with Crippen molar-refractivity contribution in [2.45, 2.75) is 63.8 Å². The molecule has 4 nitrogen and oxygen atoms in total. The summed E-state index contributed by atoms with van der Waals surface area (Å²) < 4.78 is 0. The lowest BCUT2D eigenvalue weighted by Crippen LogP contribution is -2.48. The standard InChI is InChI=1S/C22H29NO3/c1-13(2)19(21(25)26)23-20(24)17-3-5-18(6-4-17)22-10-14-7-15(11-22)9-16(8-14)12-22/h3-6,13-16,19H,7-12H2,1-2H3,(H,23,24)(H,25,26)/t14?,15?,16?,19-,22?/m0/s1. The molecule has 4 heteroatoms. The predicted molar refractivity (Wildman–Crippen MR) is 100 cm³/mol. The van der Waals surface area contributed by atoms with E-state index >= 15 is 0 Å². The van der Waals surface area contributed by atoms with E-state index in [2.05, 4.69) is 17.4 Å². The molecule has 4 aliphatic carbocycles. The van der Waals surface area contributed by atoms with Gasteiger partial charge in [-0.05, 0) is 85.3 Å². The molecule has 0 aliphatic heterocycles. The Morgan fingerprint density at radius 2 is 1.50 bits per heavy atom. The molecule has 140 valence electrons. The Morgan fingerprint density at radius 1 is 1.00 bits per heavy atom. The number of carbonyl (C=O) groups excluding carboxylic acids is 1. The average molecular weight is 355 g/mol. The smallest absolute Gasteiger partial charge is 0.326 e. The molecule has 1 atom stereocenters. The molecule has 0 saturated heterocycles. The number of rotatable bonds is 5. The van der Waals surface area contributed by atoms with Crippen molar-refractivity contribution in [3.05, 3.63) is 35.4 Å². The summed E-state index contributed by atoms with van der Waals surface area (Å²) >= 11 is 0. The van der Waals surface area contributed by atoms with Crippen molar-refractivity contribution in [3.8, 4) is 0 Å². The first kappa shape index (κ1) is 17.6. The quantitative estimate of drug-likeness (QED) is 0.839. The third kappa shape index (κ3) is 3.04. The summed E-state index contributed by atoms with van der Waals surface area (Å²) in [4.78, 5) is 23.8. The third-order valence-corrected chi connectivity index (χ3v) is 7.02. The number of benzene rings is 1. The summed E-state index contributed by atoms with van der Waals surface area (Å²) in [5, 5.41) is 11.9. The normalized spacial score (nSPS) is 33.3. The van der Waals surface area contributed by atoms with Gasteiger partial charge in [0.25, 0.3) is 5.91 Å². The number of carboxylic acids is 1. The molecule has 4 aliphatic rings. The highest BCUT2D eigenvalue weighted by Crippen LogP contribution is 2.60. The highest BCUT2D eigenvalue weighted by atomic mass is 16.4. The number of hydrogen-bond donors (Lipinski definition) is 2. The van der Waals surface area contributed by atoms with Crippen LogP contribution in [0.15, 0.2) is 24.3 Å². The SMILES string of the molecule is CC(C)[C@H](NC(=O)c1ccc(C23CC4CC(CC(C4)C2)C3)cc1)C(=O)O. The van der Waals surface area contributed by atoms with Gasteiger partial charge in [-0.15, -0.1) is 0 Å². The van der Waals surface area contributed by atoms with Crippen molar-refractivity contribution in [2.75, 3.05) is 0 Å². The molecule has 1 amide bonds. The fourth-order valence-corrected chi connectivity index (χ4v) is 6.18. The van der Waals surface area contributed by atoms with Crippen LogP contribution in [0.3, 0.4) is 0 Å². The van der Waals surface area contributed by atoms with Crippen LogP contribution in [-0.4, -0.2) is 23.0 Å². The summed E-state index contributed by atoms with van der Waals surface area (Å²) in [6, 6.07) is 7.14. The molecule has 0 spiro atoms. The van der Waals surface area contributed by atoms with E-state index in [1.807, 2.05) is 12.1 Å². The van der Waals surface area contributed by atoms with Crippen LogP contribution < -0.4 is 5.32 Å². The molecule has 4 saturated carbocycles. The molecule has 2 N–H and O–H groups in total. The molecule has 0 aromatic heterocycles. The van der Waals surface area contributed by atoms with Gasteiger partial charge in [0.1, 0.15) is 6.04 Å². The zero-order chi connectivity index (χ0) is 18.5. The number of aliphatic carboxylic acids is 1. The van der Waals surface area contributed by atoms with Crippen molar-refractivity contribution in [3.63, 3.8) is 0 Å². The Hall–Kier alpha value is -1.84. The maximum absolute atomic E-state index is 12.4. The van der Waals surface area contributed by atoms with Gasteiger partial charge in [-0.1, -0.05) is 26.0 Å². The van der Waals surface area contributed by atoms with E-state index in [0.29, 0.717) is 11.0 Å². The van der Waals surface area contributed by atoms with Crippen LogP contribution in [0.2, 0.25) is 0 Å². The first-order valence-corrected chi connectivity index (χ1v) is 10.0. The summed E-state index contributed by atoms with van der Waals surface area (Å²) in [5.74, 6) is 1.24. The maximum Gasteiger partial charge on any atom is 0.326 e. The Bertz CT molecular complexity index is 671. The molecule has 26 heavy (non-hydrogen) atoms. The van der Waals surface area contributed by atoms with Gasteiger partial charge < -0.3 is 10.4 Å². The molecule has 5 rings (SSSR count). The Labute approximate surface area is 155 Å². The van der Waals surface area contributed by atoms with E-state index in [9.17, 15) is 14.7 Å². The highest BCUT2D eigenvalue weighted by molar-refractivity contribution is 5.96. The minimum Gasteiger partial charge on any atom is -0.480 e. The topological polar surface area (TPSA) is 66.4 Å². The number of nitrogens with one attached hydrogen (secondary N) is 1. The lowest BCUT2D eigenvalue weighted by Gasteiger charge is -2.57. The monoisotopic (exact) mass is 355 g/mol. The summed E-state index contributed by atoms with van der Waals surface area (Å²) in [6.07, 6.45) is 8.18. The Kier molecular flexibility index (Phi) is 4.32. The van der Waals surface area contributed by atoms with E-state index in [1.54, 1.807) is 13.8 Å². The van der Waals surface area contributed by atoms with Crippen LogP contribution in [-0.2, 0) is 10.2 Å². The number of amides is 1. The molecular weight excluding hydrogens is 326 g/mol. The zero-order valence-electron chi connectivity index (χ0n) is 15.7. The summed E-state index contributed by atoms with van der Waals surface area (Å²) in [6.45, 7) is 3.60. The van der Waals surface area contributed by atoms with Crippen LogP contribution in [0, 0.1) is 23.7 Å². The molecule has 1 aromatic rings. The molecular formula is C22H29NO3.